The molecule has 0 aliphatic carbocycles. The second kappa shape index (κ2) is 11.9. The molecule has 176 valence electrons. The van der Waals surface area contributed by atoms with Crippen LogP contribution in [0.5, 0.6) is 0 Å². The van der Waals surface area contributed by atoms with E-state index in [4.69, 9.17) is 4.74 Å². The number of benzene rings is 2. The Balaban J connectivity index is 0.00000363. The number of sulfonamides is 1. The Morgan fingerprint density at radius 2 is 1.75 bits per heavy atom. The third-order valence-corrected chi connectivity index (χ3v) is 6.49. The van der Waals surface area contributed by atoms with Gasteiger partial charge in [-0.05, 0) is 42.8 Å². The van der Waals surface area contributed by atoms with Crippen molar-refractivity contribution in [3.63, 3.8) is 0 Å². The maximum atomic E-state index is 13.3. The van der Waals surface area contributed by atoms with E-state index in [2.05, 4.69) is 19.9 Å². The Bertz CT molecular complexity index is 1000. The largest absolute Gasteiger partial charge is 0.367 e. The van der Waals surface area contributed by atoms with Crippen molar-refractivity contribution in [3.05, 3.63) is 71.0 Å². The van der Waals surface area contributed by atoms with Crippen LogP contribution in [0.1, 0.15) is 29.7 Å². The van der Waals surface area contributed by atoms with E-state index in [9.17, 15) is 12.8 Å². The summed E-state index contributed by atoms with van der Waals surface area (Å²) in [6.07, 6.45) is -0.174. The summed E-state index contributed by atoms with van der Waals surface area (Å²) in [6, 6.07) is 13.8. The topological polar surface area (TPSA) is 83.0 Å². The van der Waals surface area contributed by atoms with Crippen LogP contribution in [0, 0.1) is 5.82 Å². The second-order valence-electron chi connectivity index (χ2n) is 7.57. The van der Waals surface area contributed by atoms with E-state index in [0.29, 0.717) is 19.6 Å². The van der Waals surface area contributed by atoms with Gasteiger partial charge in [-0.3, -0.25) is 4.99 Å². The molecule has 1 aliphatic heterocycles. The molecule has 0 spiro atoms. The molecule has 2 aromatic rings. The van der Waals surface area contributed by atoms with Crippen molar-refractivity contribution < 1.29 is 17.5 Å². The molecule has 0 radical (unpaired) electrons. The molecular formula is C22H30FIN4O3S. The normalized spacial score (nSPS) is 19.4. The molecule has 2 aromatic carbocycles. The fourth-order valence-corrected chi connectivity index (χ4v) is 4.32. The molecule has 10 heteroatoms. The lowest BCUT2D eigenvalue weighted by molar-refractivity contribution is -0.0605. The predicted octanol–water partition coefficient (Wildman–Crippen LogP) is 3.03. The van der Waals surface area contributed by atoms with Gasteiger partial charge in [0.05, 0.1) is 18.4 Å². The van der Waals surface area contributed by atoms with Crippen molar-refractivity contribution in [2.24, 2.45) is 4.99 Å². The SMILES string of the molecule is CN=C(NCc1ccc(CS(=O)(=O)NC)cc1)N1CC(C)OC(c2ccc(F)cc2)C1.I. The van der Waals surface area contributed by atoms with Crippen LogP contribution in [0.25, 0.3) is 0 Å². The Morgan fingerprint density at radius 3 is 2.34 bits per heavy atom. The lowest BCUT2D eigenvalue weighted by Gasteiger charge is -2.38. The van der Waals surface area contributed by atoms with Crippen LogP contribution in [-0.2, 0) is 27.1 Å². The Labute approximate surface area is 206 Å². The maximum Gasteiger partial charge on any atom is 0.215 e. The number of hydrogen-bond donors (Lipinski definition) is 2. The predicted molar refractivity (Wildman–Crippen MR) is 135 cm³/mol. The highest BCUT2D eigenvalue weighted by Crippen LogP contribution is 2.25. The molecule has 1 heterocycles. The van der Waals surface area contributed by atoms with Crippen molar-refractivity contribution >= 4 is 40.0 Å². The molecule has 7 nitrogen and oxygen atoms in total. The fourth-order valence-electron chi connectivity index (χ4n) is 3.54. The van der Waals surface area contributed by atoms with Crippen LogP contribution in [0.2, 0.25) is 0 Å². The molecule has 2 N–H and O–H groups in total. The number of nitrogens with one attached hydrogen (secondary N) is 2. The number of morpholine rings is 1. The molecule has 32 heavy (non-hydrogen) atoms. The molecule has 0 amide bonds. The van der Waals surface area contributed by atoms with E-state index in [1.807, 2.05) is 31.2 Å². The number of halogens is 2. The van der Waals surface area contributed by atoms with Crippen LogP contribution in [-0.4, -0.2) is 52.6 Å². The number of rotatable bonds is 6. The number of hydrogen-bond acceptors (Lipinski definition) is 4. The highest BCUT2D eigenvalue weighted by atomic mass is 127. The van der Waals surface area contributed by atoms with Crippen LogP contribution >= 0.6 is 24.0 Å². The molecule has 1 fully saturated rings. The summed E-state index contributed by atoms with van der Waals surface area (Å²) < 4.78 is 45.0. The number of ether oxygens (including phenoxy) is 1. The van der Waals surface area contributed by atoms with Gasteiger partial charge in [-0.25, -0.2) is 17.5 Å². The molecule has 3 rings (SSSR count). The minimum absolute atomic E-state index is 0. The van der Waals surface area contributed by atoms with Crippen molar-refractivity contribution in [1.29, 1.82) is 0 Å². The first kappa shape index (κ1) is 26.5. The van der Waals surface area contributed by atoms with E-state index in [1.54, 1.807) is 19.2 Å². The van der Waals surface area contributed by atoms with E-state index in [-0.39, 0.29) is 47.8 Å². The standard InChI is InChI=1S/C22H29FN4O3S.HI/c1-16-13-27(14-21(30-16)19-8-10-20(23)11-9-19)22(24-2)26-12-17-4-6-18(7-5-17)15-31(28,29)25-3;/h4-11,16,21,25H,12-15H2,1-3H3,(H,24,26);1H. The van der Waals surface area contributed by atoms with Crippen molar-refractivity contribution in [1.82, 2.24) is 14.9 Å². The summed E-state index contributed by atoms with van der Waals surface area (Å²) in [5.41, 5.74) is 2.68. The summed E-state index contributed by atoms with van der Waals surface area (Å²) >= 11 is 0. The second-order valence-corrected chi connectivity index (χ2v) is 9.50. The zero-order valence-corrected chi connectivity index (χ0v) is 21.6. The van der Waals surface area contributed by atoms with E-state index >= 15 is 0 Å². The Kier molecular flexibility index (Phi) is 9.86. The summed E-state index contributed by atoms with van der Waals surface area (Å²) in [7, 11) is -0.143. The Morgan fingerprint density at radius 1 is 1.12 bits per heavy atom. The van der Waals surface area contributed by atoms with Gasteiger partial charge >= 0.3 is 0 Å². The van der Waals surface area contributed by atoms with Crippen LogP contribution in [0.15, 0.2) is 53.5 Å². The van der Waals surface area contributed by atoms with E-state index in [1.165, 1.54) is 19.2 Å². The zero-order chi connectivity index (χ0) is 22.4. The van der Waals surface area contributed by atoms with E-state index in [0.717, 1.165) is 22.6 Å². The van der Waals surface area contributed by atoms with Crippen LogP contribution < -0.4 is 10.0 Å². The summed E-state index contributed by atoms with van der Waals surface area (Å²) in [5, 5.41) is 3.37. The summed E-state index contributed by atoms with van der Waals surface area (Å²) in [5.74, 6) is 0.440. The monoisotopic (exact) mass is 576 g/mol. The van der Waals surface area contributed by atoms with Gasteiger partial charge in [-0.2, -0.15) is 0 Å². The third-order valence-electron chi connectivity index (χ3n) is 5.15. The average Bonchev–Trinajstić information content (AvgIpc) is 2.75. The molecule has 0 aromatic heterocycles. The van der Waals surface area contributed by atoms with Gasteiger partial charge in [-0.1, -0.05) is 36.4 Å². The molecule has 0 bridgehead atoms. The van der Waals surface area contributed by atoms with Gasteiger partial charge in [-0.15, -0.1) is 24.0 Å². The molecule has 0 saturated carbocycles. The van der Waals surface area contributed by atoms with Gasteiger partial charge < -0.3 is 15.0 Å². The average molecular weight is 576 g/mol. The minimum atomic E-state index is -3.29. The molecule has 1 saturated heterocycles. The number of guanidine groups is 1. The van der Waals surface area contributed by atoms with Crippen molar-refractivity contribution in [2.75, 3.05) is 27.2 Å². The van der Waals surface area contributed by atoms with Crippen LogP contribution in [0.3, 0.4) is 0 Å². The van der Waals surface area contributed by atoms with Crippen molar-refractivity contribution in [2.45, 2.75) is 31.4 Å². The number of nitrogens with zero attached hydrogens (tertiary/aromatic N) is 2. The van der Waals surface area contributed by atoms with Gasteiger partial charge in [0, 0.05) is 20.1 Å². The first-order valence-corrected chi connectivity index (χ1v) is 11.8. The van der Waals surface area contributed by atoms with Gasteiger partial charge in [0.25, 0.3) is 0 Å². The van der Waals surface area contributed by atoms with Crippen LogP contribution in [0.4, 0.5) is 4.39 Å². The molecule has 2 unspecified atom stereocenters. The first-order chi connectivity index (χ1) is 14.8. The number of aliphatic imine (C=N–C) groups is 1. The Hall–Kier alpha value is -1.76. The van der Waals surface area contributed by atoms with E-state index < -0.39 is 10.0 Å². The van der Waals surface area contributed by atoms with Gasteiger partial charge in [0.15, 0.2) is 5.96 Å². The molecule has 1 aliphatic rings. The molecule has 2 atom stereocenters. The first-order valence-electron chi connectivity index (χ1n) is 10.1. The van der Waals surface area contributed by atoms with Gasteiger partial charge in [0.2, 0.25) is 10.0 Å². The molecular weight excluding hydrogens is 546 g/mol. The highest BCUT2D eigenvalue weighted by Gasteiger charge is 2.28. The summed E-state index contributed by atoms with van der Waals surface area (Å²) in [6.45, 7) is 3.86. The lowest BCUT2D eigenvalue weighted by Crippen LogP contribution is -2.50. The quantitative estimate of drug-likeness (QED) is 0.314. The maximum absolute atomic E-state index is 13.3. The van der Waals surface area contributed by atoms with Crippen molar-refractivity contribution in [3.8, 4) is 0 Å². The fraction of sp³-hybridized carbons (Fsp3) is 0.409. The third kappa shape index (κ3) is 7.39. The lowest BCUT2D eigenvalue weighted by atomic mass is 10.1. The highest BCUT2D eigenvalue weighted by molar-refractivity contribution is 14.0. The van der Waals surface area contributed by atoms with Gasteiger partial charge in [0.1, 0.15) is 11.9 Å². The summed E-state index contributed by atoms with van der Waals surface area (Å²) in [4.78, 5) is 6.54. The zero-order valence-electron chi connectivity index (χ0n) is 18.4. The smallest absolute Gasteiger partial charge is 0.215 e. The minimum Gasteiger partial charge on any atom is -0.367 e.